The zero-order valence-electron chi connectivity index (χ0n) is 8.32. The first-order valence-electron chi connectivity index (χ1n) is 4.59. The third-order valence-corrected chi connectivity index (χ3v) is 2.93. The van der Waals surface area contributed by atoms with E-state index in [9.17, 15) is 4.79 Å². The molecule has 0 amide bonds. The molecule has 0 aromatic heterocycles. The van der Waals surface area contributed by atoms with Gasteiger partial charge in [-0.05, 0) is 6.92 Å². The van der Waals surface area contributed by atoms with E-state index in [2.05, 4.69) is 0 Å². The van der Waals surface area contributed by atoms with Crippen LogP contribution in [0.4, 0.5) is 0 Å². The van der Waals surface area contributed by atoms with Crippen molar-refractivity contribution in [3.63, 3.8) is 0 Å². The molecule has 1 heterocycles. The highest BCUT2D eigenvalue weighted by atomic mass is 35.5. The molecule has 86 valence electrons. The molecule has 0 bridgehead atoms. The number of hydrogen-bond donors (Lipinski definition) is 1. The van der Waals surface area contributed by atoms with Gasteiger partial charge in [0.05, 0.1) is 12.7 Å². The summed E-state index contributed by atoms with van der Waals surface area (Å²) in [5.41, 5.74) is 1.25. The second-order valence-corrected chi connectivity index (χ2v) is 4.09. The van der Waals surface area contributed by atoms with Crippen LogP contribution in [0.1, 0.15) is 6.92 Å². The van der Waals surface area contributed by atoms with Gasteiger partial charge in [0, 0.05) is 23.7 Å². The molecule has 0 radical (unpaired) electrons. The number of carboxylic acid groups (broad SMARTS) is 1. The quantitative estimate of drug-likeness (QED) is 0.828. The second kappa shape index (κ2) is 5.70. The lowest BCUT2D eigenvalue weighted by Gasteiger charge is -2.36. The Kier molecular flexibility index (Phi) is 4.86. The lowest BCUT2D eigenvalue weighted by molar-refractivity contribution is -0.155. The molecule has 0 aromatic rings. The minimum absolute atomic E-state index is 0.337. The molecule has 4 nitrogen and oxygen atoms in total. The van der Waals surface area contributed by atoms with Crippen molar-refractivity contribution in [2.24, 2.45) is 0 Å². The number of nitrogens with zero attached hydrogens (tertiary/aromatic N) is 1. The van der Waals surface area contributed by atoms with E-state index in [0.717, 1.165) is 0 Å². The van der Waals surface area contributed by atoms with Gasteiger partial charge in [0.15, 0.2) is 0 Å². The smallest absolute Gasteiger partial charge is 0.323 e. The van der Waals surface area contributed by atoms with Crippen molar-refractivity contribution in [2.75, 3.05) is 19.7 Å². The highest BCUT2D eigenvalue weighted by Gasteiger charge is 2.35. The molecular weight excluding hydrogens is 241 g/mol. The average Bonchev–Trinajstić information content (AvgIpc) is 2.17. The fraction of sp³-hybridized carbons (Fsp3) is 0.667. The molecule has 15 heavy (non-hydrogen) atoms. The van der Waals surface area contributed by atoms with Gasteiger partial charge in [0.25, 0.3) is 0 Å². The van der Waals surface area contributed by atoms with Crippen LogP contribution in [-0.2, 0) is 9.53 Å². The summed E-state index contributed by atoms with van der Waals surface area (Å²) in [6.07, 6.45) is -0.337. The van der Waals surface area contributed by atoms with Crippen LogP contribution < -0.4 is 0 Å². The lowest BCUT2D eigenvalue weighted by atomic mass is 10.1. The molecular formula is C9H13Cl2NO3. The summed E-state index contributed by atoms with van der Waals surface area (Å²) in [4.78, 5) is 12.8. The van der Waals surface area contributed by atoms with Gasteiger partial charge in [-0.25, -0.2) is 0 Å². The number of ether oxygens (including phenoxy) is 1. The molecule has 0 aliphatic carbocycles. The molecule has 1 aliphatic heterocycles. The summed E-state index contributed by atoms with van der Waals surface area (Å²) >= 11 is 11.2. The van der Waals surface area contributed by atoms with Crippen molar-refractivity contribution < 1.29 is 14.6 Å². The van der Waals surface area contributed by atoms with E-state index in [-0.39, 0.29) is 6.10 Å². The summed E-state index contributed by atoms with van der Waals surface area (Å²) < 4.78 is 5.28. The number of morpholine rings is 1. The van der Waals surface area contributed by atoms with Gasteiger partial charge in [0.1, 0.15) is 6.04 Å². The molecule has 6 heteroatoms. The minimum atomic E-state index is -0.902. The number of rotatable bonds is 3. The van der Waals surface area contributed by atoms with E-state index in [4.69, 9.17) is 33.0 Å². The molecule has 2 unspecified atom stereocenters. The van der Waals surface area contributed by atoms with Gasteiger partial charge in [-0.2, -0.15) is 0 Å². The summed E-state index contributed by atoms with van der Waals surface area (Å²) in [6, 6.07) is -0.663. The van der Waals surface area contributed by atoms with Crippen LogP contribution in [0.3, 0.4) is 0 Å². The zero-order chi connectivity index (χ0) is 11.4. The Morgan fingerprint density at radius 2 is 2.40 bits per heavy atom. The van der Waals surface area contributed by atoms with Gasteiger partial charge < -0.3 is 9.84 Å². The summed E-state index contributed by atoms with van der Waals surface area (Å²) in [5.74, 6) is -0.902. The Balaban J connectivity index is 2.71. The summed E-state index contributed by atoms with van der Waals surface area (Å²) in [7, 11) is 0. The van der Waals surface area contributed by atoms with E-state index in [1.807, 2.05) is 0 Å². The maximum Gasteiger partial charge on any atom is 0.323 e. The predicted octanol–water partition coefficient (Wildman–Crippen LogP) is 1.48. The van der Waals surface area contributed by atoms with Crippen molar-refractivity contribution in [2.45, 2.75) is 19.1 Å². The fourth-order valence-electron chi connectivity index (χ4n) is 1.65. The van der Waals surface area contributed by atoms with Gasteiger partial charge in [-0.3, -0.25) is 9.69 Å². The van der Waals surface area contributed by atoms with E-state index in [0.29, 0.717) is 24.7 Å². The van der Waals surface area contributed by atoms with Gasteiger partial charge in [-0.15, -0.1) is 0 Å². The SMILES string of the molecule is CC1OCCN(C/C(Cl)=C/Cl)C1C(=O)O. The van der Waals surface area contributed by atoms with Gasteiger partial charge in [-0.1, -0.05) is 23.2 Å². The topological polar surface area (TPSA) is 49.8 Å². The van der Waals surface area contributed by atoms with E-state index in [1.54, 1.807) is 11.8 Å². The van der Waals surface area contributed by atoms with Crippen molar-refractivity contribution in [1.82, 2.24) is 4.90 Å². The maximum atomic E-state index is 11.0. The van der Waals surface area contributed by atoms with Crippen molar-refractivity contribution >= 4 is 29.2 Å². The Morgan fingerprint density at radius 1 is 1.73 bits per heavy atom. The summed E-state index contributed by atoms with van der Waals surface area (Å²) in [6.45, 7) is 3.14. The molecule has 0 aromatic carbocycles. The number of carboxylic acids is 1. The summed E-state index contributed by atoms with van der Waals surface area (Å²) in [5, 5.41) is 9.48. The van der Waals surface area contributed by atoms with Crippen LogP contribution in [0.15, 0.2) is 10.6 Å². The average molecular weight is 254 g/mol. The molecule has 1 rings (SSSR count). The second-order valence-electron chi connectivity index (χ2n) is 3.39. The van der Waals surface area contributed by atoms with Crippen molar-refractivity contribution in [1.29, 1.82) is 0 Å². The highest BCUT2D eigenvalue weighted by molar-refractivity contribution is 6.36. The third kappa shape index (κ3) is 3.34. The Labute approximate surface area is 98.4 Å². The Morgan fingerprint density at radius 3 is 2.93 bits per heavy atom. The Bertz CT molecular complexity index is 270. The van der Waals surface area contributed by atoms with Crippen LogP contribution in [0.25, 0.3) is 0 Å². The van der Waals surface area contributed by atoms with Crippen LogP contribution in [0.2, 0.25) is 0 Å². The van der Waals surface area contributed by atoms with Crippen LogP contribution in [-0.4, -0.2) is 47.8 Å². The molecule has 1 fully saturated rings. The van der Waals surface area contributed by atoms with E-state index >= 15 is 0 Å². The van der Waals surface area contributed by atoms with Crippen molar-refractivity contribution in [3.05, 3.63) is 10.6 Å². The Hall–Kier alpha value is -0.290. The minimum Gasteiger partial charge on any atom is -0.480 e. The number of carbonyl (C=O) groups is 1. The standard InChI is InChI=1S/C9H13Cl2NO3/c1-6-8(9(13)14)12(2-3-15-6)5-7(11)4-10/h4,6,8H,2-3,5H2,1H3,(H,13,14)/b7-4-. The zero-order valence-corrected chi connectivity index (χ0v) is 9.83. The monoisotopic (exact) mass is 253 g/mol. The molecule has 2 atom stereocenters. The number of aliphatic carboxylic acids is 1. The van der Waals surface area contributed by atoms with E-state index in [1.165, 1.54) is 5.54 Å². The number of hydrogen-bond acceptors (Lipinski definition) is 3. The first-order valence-corrected chi connectivity index (χ1v) is 5.41. The first kappa shape index (κ1) is 12.8. The van der Waals surface area contributed by atoms with E-state index < -0.39 is 12.0 Å². The normalized spacial score (nSPS) is 29.1. The first-order chi connectivity index (χ1) is 7.06. The number of halogens is 2. The molecule has 0 saturated carbocycles. The molecule has 0 spiro atoms. The predicted molar refractivity (Wildman–Crippen MR) is 58.2 cm³/mol. The third-order valence-electron chi connectivity index (χ3n) is 2.32. The van der Waals surface area contributed by atoms with Gasteiger partial charge in [0.2, 0.25) is 0 Å². The van der Waals surface area contributed by atoms with Gasteiger partial charge >= 0.3 is 5.97 Å². The highest BCUT2D eigenvalue weighted by Crippen LogP contribution is 2.17. The van der Waals surface area contributed by atoms with Crippen LogP contribution >= 0.6 is 23.2 Å². The molecule has 1 N–H and O–H groups in total. The molecule has 1 aliphatic rings. The van der Waals surface area contributed by atoms with Crippen LogP contribution in [0, 0.1) is 0 Å². The fourth-order valence-corrected chi connectivity index (χ4v) is 1.87. The lowest BCUT2D eigenvalue weighted by Crippen LogP contribution is -2.54. The van der Waals surface area contributed by atoms with Crippen molar-refractivity contribution in [3.8, 4) is 0 Å². The largest absolute Gasteiger partial charge is 0.480 e. The molecule has 1 saturated heterocycles. The maximum absolute atomic E-state index is 11.0. The van der Waals surface area contributed by atoms with Crippen LogP contribution in [0.5, 0.6) is 0 Å².